The van der Waals surface area contributed by atoms with E-state index in [9.17, 15) is 13.2 Å². The molecule has 0 spiro atoms. The molecule has 0 radical (unpaired) electrons. The van der Waals surface area contributed by atoms with E-state index in [0.717, 1.165) is 5.69 Å². The van der Waals surface area contributed by atoms with Gasteiger partial charge in [-0.1, -0.05) is 19.9 Å². The molecule has 0 saturated heterocycles. The van der Waals surface area contributed by atoms with Crippen LogP contribution >= 0.6 is 0 Å². The fourth-order valence-corrected chi connectivity index (χ4v) is 0.989. The number of hydrogen-bond acceptors (Lipinski definition) is 2. The molecule has 1 rings (SSSR count). The van der Waals surface area contributed by atoms with Gasteiger partial charge in [0.05, 0.1) is 0 Å². The molecule has 1 aromatic heterocycles. The molecule has 0 atom stereocenters. The van der Waals surface area contributed by atoms with Crippen molar-refractivity contribution in [1.29, 1.82) is 0 Å². The van der Waals surface area contributed by atoms with Crippen LogP contribution < -0.4 is 4.74 Å². The van der Waals surface area contributed by atoms with Gasteiger partial charge >= 0.3 is 6.18 Å². The number of hydrogen-bond donors (Lipinski definition) is 0. The number of halogens is 3. The summed E-state index contributed by atoms with van der Waals surface area (Å²) in [6.45, 7) is 2.52. The monoisotopic (exact) mass is 219 g/mol. The summed E-state index contributed by atoms with van der Waals surface area (Å²) in [5.41, 5.74) is 0.717. The lowest BCUT2D eigenvalue weighted by atomic mass is 10.1. The largest absolute Gasteiger partial charge is 0.468 e. The lowest BCUT2D eigenvalue weighted by molar-refractivity contribution is -0.154. The summed E-state index contributed by atoms with van der Waals surface area (Å²) in [7, 11) is 0. The van der Waals surface area contributed by atoms with E-state index >= 15 is 0 Å². The summed E-state index contributed by atoms with van der Waals surface area (Å²) in [6, 6.07) is 4.80. The summed E-state index contributed by atoms with van der Waals surface area (Å²) in [5, 5.41) is 0. The first-order valence-electron chi connectivity index (χ1n) is 4.55. The Kier molecular flexibility index (Phi) is 3.55. The average Bonchev–Trinajstić information content (AvgIpc) is 2.14. The zero-order chi connectivity index (χ0) is 11.5. The third-order valence-corrected chi connectivity index (χ3v) is 1.72. The Morgan fingerprint density at radius 1 is 1.33 bits per heavy atom. The third-order valence-electron chi connectivity index (χ3n) is 1.72. The Morgan fingerprint density at radius 2 is 2.00 bits per heavy atom. The SMILES string of the molecule is CC(C)c1cccc(OCC(F)(F)F)n1. The topological polar surface area (TPSA) is 22.1 Å². The number of alkyl halides is 3. The minimum Gasteiger partial charge on any atom is -0.468 e. The van der Waals surface area contributed by atoms with Crippen LogP contribution in [0.2, 0.25) is 0 Å². The molecule has 1 aromatic rings. The first-order valence-corrected chi connectivity index (χ1v) is 4.55. The van der Waals surface area contributed by atoms with Gasteiger partial charge in [0.25, 0.3) is 0 Å². The predicted molar refractivity (Wildman–Crippen MR) is 49.9 cm³/mol. The van der Waals surface area contributed by atoms with Crippen LogP contribution in [-0.2, 0) is 0 Å². The van der Waals surface area contributed by atoms with E-state index in [4.69, 9.17) is 0 Å². The van der Waals surface area contributed by atoms with Crippen LogP contribution in [0.1, 0.15) is 25.5 Å². The molecule has 0 aliphatic carbocycles. The minimum atomic E-state index is -4.32. The lowest BCUT2D eigenvalue weighted by Crippen LogP contribution is -2.19. The summed E-state index contributed by atoms with van der Waals surface area (Å²) in [6.07, 6.45) is -4.32. The number of nitrogens with zero attached hydrogens (tertiary/aromatic N) is 1. The Bertz CT molecular complexity index is 323. The van der Waals surface area contributed by atoms with Crippen LogP contribution in [0.4, 0.5) is 13.2 Å². The molecule has 0 fully saturated rings. The van der Waals surface area contributed by atoms with Gasteiger partial charge in [0.15, 0.2) is 6.61 Å². The van der Waals surface area contributed by atoms with E-state index in [1.807, 2.05) is 13.8 Å². The van der Waals surface area contributed by atoms with E-state index in [-0.39, 0.29) is 11.8 Å². The van der Waals surface area contributed by atoms with Gasteiger partial charge in [-0.25, -0.2) is 4.98 Å². The molecule has 0 amide bonds. The van der Waals surface area contributed by atoms with Gasteiger partial charge < -0.3 is 4.74 Å². The Labute approximate surface area is 86.1 Å². The summed E-state index contributed by atoms with van der Waals surface area (Å²) >= 11 is 0. The van der Waals surface area contributed by atoms with E-state index < -0.39 is 12.8 Å². The average molecular weight is 219 g/mol. The van der Waals surface area contributed by atoms with Crippen molar-refractivity contribution in [3.05, 3.63) is 23.9 Å². The highest BCUT2D eigenvalue weighted by atomic mass is 19.4. The molecule has 84 valence electrons. The van der Waals surface area contributed by atoms with Crippen molar-refractivity contribution in [3.63, 3.8) is 0 Å². The lowest BCUT2D eigenvalue weighted by Gasteiger charge is -2.10. The van der Waals surface area contributed by atoms with Gasteiger partial charge in [0, 0.05) is 11.8 Å². The van der Waals surface area contributed by atoms with Gasteiger partial charge in [-0.2, -0.15) is 13.2 Å². The molecule has 15 heavy (non-hydrogen) atoms. The smallest absolute Gasteiger partial charge is 0.422 e. The van der Waals surface area contributed by atoms with Gasteiger partial charge in [-0.05, 0) is 12.0 Å². The molecule has 0 saturated carbocycles. The second kappa shape index (κ2) is 4.51. The molecule has 0 bridgehead atoms. The quantitative estimate of drug-likeness (QED) is 0.779. The van der Waals surface area contributed by atoms with Gasteiger partial charge in [-0.15, -0.1) is 0 Å². The highest BCUT2D eigenvalue weighted by molar-refractivity contribution is 5.17. The highest BCUT2D eigenvalue weighted by Crippen LogP contribution is 2.19. The molecule has 0 aromatic carbocycles. The van der Waals surface area contributed by atoms with E-state index in [0.29, 0.717) is 0 Å². The van der Waals surface area contributed by atoms with Gasteiger partial charge in [-0.3, -0.25) is 0 Å². The predicted octanol–water partition coefficient (Wildman–Crippen LogP) is 3.15. The van der Waals surface area contributed by atoms with Crippen molar-refractivity contribution in [3.8, 4) is 5.88 Å². The molecule has 0 aliphatic heterocycles. The molecule has 0 aliphatic rings. The second-order valence-corrected chi connectivity index (χ2v) is 3.46. The van der Waals surface area contributed by atoms with Crippen LogP contribution in [0.15, 0.2) is 18.2 Å². The van der Waals surface area contributed by atoms with Crippen LogP contribution in [0.25, 0.3) is 0 Å². The maximum atomic E-state index is 11.8. The minimum absolute atomic E-state index is 0.0125. The number of rotatable bonds is 3. The van der Waals surface area contributed by atoms with Crippen LogP contribution in [0.3, 0.4) is 0 Å². The first-order chi connectivity index (χ1) is 6.88. The number of pyridine rings is 1. The fraction of sp³-hybridized carbons (Fsp3) is 0.500. The van der Waals surface area contributed by atoms with Gasteiger partial charge in [0.1, 0.15) is 0 Å². The summed E-state index contributed by atoms with van der Waals surface area (Å²) in [4.78, 5) is 3.95. The van der Waals surface area contributed by atoms with Crippen LogP contribution in [0, 0.1) is 0 Å². The van der Waals surface area contributed by atoms with Crippen LogP contribution in [-0.4, -0.2) is 17.8 Å². The third kappa shape index (κ3) is 4.18. The molecule has 0 unspecified atom stereocenters. The second-order valence-electron chi connectivity index (χ2n) is 3.46. The van der Waals surface area contributed by atoms with E-state index in [1.54, 1.807) is 12.1 Å². The standard InChI is InChI=1S/C10H12F3NO/c1-7(2)8-4-3-5-9(14-8)15-6-10(11,12)13/h3-5,7H,6H2,1-2H3. The zero-order valence-electron chi connectivity index (χ0n) is 8.51. The number of ether oxygens (including phenoxy) is 1. The summed E-state index contributed by atoms with van der Waals surface area (Å²) < 4.78 is 40.1. The van der Waals surface area contributed by atoms with Crippen molar-refractivity contribution in [2.75, 3.05) is 6.61 Å². The van der Waals surface area contributed by atoms with Crippen molar-refractivity contribution in [2.45, 2.75) is 25.9 Å². The zero-order valence-corrected chi connectivity index (χ0v) is 8.51. The molecule has 0 N–H and O–H groups in total. The van der Waals surface area contributed by atoms with Crippen LogP contribution in [0.5, 0.6) is 5.88 Å². The molecule has 2 nitrogen and oxygen atoms in total. The van der Waals surface area contributed by atoms with Crippen molar-refractivity contribution >= 4 is 0 Å². The van der Waals surface area contributed by atoms with Gasteiger partial charge in [0.2, 0.25) is 5.88 Å². The first kappa shape index (κ1) is 11.8. The van der Waals surface area contributed by atoms with Crippen molar-refractivity contribution in [2.24, 2.45) is 0 Å². The maximum absolute atomic E-state index is 11.8. The highest BCUT2D eigenvalue weighted by Gasteiger charge is 2.28. The molecular weight excluding hydrogens is 207 g/mol. The normalized spacial score (nSPS) is 11.9. The van der Waals surface area contributed by atoms with Crippen molar-refractivity contribution in [1.82, 2.24) is 4.98 Å². The molecule has 5 heteroatoms. The maximum Gasteiger partial charge on any atom is 0.422 e. The van der Waals surface area contributed by atoms with Crippen molar-refractivity contribution < 1.29 is 17.9 Å². The Morgan fingerprint density at radius 3 is 2.53 bits per heavy atom. The number of aromatic nitrogens is 1. The van der Waals surface area contributed by atoms with E-state index in [1.165, 1.54) is 6.07 Å². The van der Waals surface area contributed by atoms with E-state index in [2.05, 4.69) is 9.72 Å². The molecule has 1 heterocycles. The Balaban J connectivity index is 2.66. The molecular formula is C10H12F3NO. The fourth-order valence-electron chi connectivity index (χ4n) is 0.989. The summed E-state index contributed by atoms with van der Waals surface area (Å²) in [5.74, 6) is 0.179. The Hall–Kier alpha value is -1.26.